The highest BCUT2D eigenvalue weighted by molar-refractivity contribution is 5.34. The zero-order chi connectivity index (χ0) is 14.9. The van der Waals surface area contributed by atoms with E-state index in [1.165, 1.54) is 5.56 Å². The van der Waals surface area contributed by atoms with Crippen molar-refractivity contribution in [2.75, 3.05) is 6.61 Å². The minimum absolute atomic E-state index is 0.399. The summed E-state index contributed by atoms with van der Waals surface area (Å²) in [5, 5.41) is 3.39. The van der Waals surface area contributed by atoms with Crippen LogP contribution in [0.2, 0.25) is 0 Å². The molecule has 0 saturated heterocycles. The fourth-order valence-corrected chi connectivity index (χ4v) is 1.85. The smallest absolute Gasteiger partial charge is 0.149 e. The van der Waals surface area contributed by atoms with E-state index < -0.39 is 0 Å². The van der Waals surface area contributed by atoms with Gasteiger partial charge < -0.3 is 10.1 Å². The first-order valence-electron chi connectivity index (χ1n) is 7.23. The van der Waals surface area contributed by atoms with Crippen molar-refractivity contribution in [1.29, 1.82) is 0 Å². The molecule has 108 valence electrons. The number of nitrogens with one attached hydrogen (secondary N) is 1. The number of benzene rings is 2. The molecule has 0 spiro atoms. The predicted octanol–water partition coefficient (Wildman–Crippen LogP) is 3.62. The van der Waals surface area contributed by atoms with Gasteiger partial charge in [-0.2, -0.15) is 0 Å². The Hall–Kier alpha value is -2.24. The lowest BCUT2D eigenvalue weighted by Crippen LogP contribution is -2.21. The topological polar surface area (TPSA) is 21.3 Å². The van der Waals surface area contributed by atoms with E-state index in [1.54, 1.807) is 0 Å². The summed E-state index contributed by atoms with van der Waals surface area (Å²) < 4.78 is 5.67. The first-order chi connectivity index (χ1) is 10.2. The molecule has 0 aliphatic rings. The molecule has 2 nitrogen and oxygen atoms in total. The van der Waals surface area contributed by atoms with Crippen LogP contribution < -0.4 is 10.1 Å². The Morgan fingerprint density at radius 3 is 2.62 bits per heavy atom. The van der Waals surface area contributed by atoms with Crippen LogP contribution in [0, 0.1) is 11.8 Å². The van der Waals surface area contributed by atoms with E-state index in [0.29, 0.717) is 12.6 Å². The van der Waals surface area contributed by atoms with Crippen LogP contribution >= 0.6 is 0 Å². The van der Waals surface area contributed by atoms with Crippen LogP contribution in [-0.4, -0.2) is 12.6 Å². The average Bonchev–Trinajstić information content (AvgIpc) is 2.51. The van der Waals surface area contributed by atoms with Gasteiger partial charge in [0.15, 0.2) is 0 Å². The lowest BCUT2D eigenvalue weighted by Gasteiger charge is -2.09. The minimum atomic E-state index is 0.399. The molecule has 0 amide bonds. The molecule has 0 aromatic heterocycles. The molecule has 2 aromatic rings. The third-order valence-corrected chi connectivity index (χ3v) is 2.93. The summed E-state index contributed by atoms with van der Waals surface area (Å²) in [4.78, 5) is 0. The van der Waals surface area contributed by atoms with Gasteiger partial charge in [-0.3, -0.25) is 0 Å². The maximum absolute atomic E-state index is 5.67. The summed E-state index contributed by atoms with van der Waals surface area (Å²) in [5.74, 6) is 6.98. The van der Waals surface area contributed by atoms with Gasteiger partial charge in [-0.25, -0.2) is 0 Å². The molecule has 1 N–H and O–H groups in total. The molecule has 0 heterocycles. The first-order valence-corrected chi connectivity index (χ1v) is 7.23. The number of ether oxygens (including phenoxy) is 1. The van der Waals surface area contributed by atoms with Gasteiger partial charge in [0.05, 0.1) is 0 Å². The molecule has 0 radical (unpaired) electrons. The summed E-state index contributed by atoms with van der Waals surface area (Å²) in [6.07, 6.45) is 0. The quantitative estimate of drug-likeness (QED) is 0.844. The van der Waals surface area contributed by atoms with Gasteiger partial charge in [-0.05, 0) is 29.8 Å². The van der Waals surface area contributed by atoms with Gasteiger partial charge in [-0.1, -0.05) is 56.0 Å². The number of rotatable bonds is 5. The van der Waals surface area contributed by atoms with E-state index in [2.05, 4.69) is 43.1 Å². The van der Waals surface area contributed by atoms with Crippen molar-refractivity contribution < 1.29 is 4.74 Å². The Morgan fingerprint density at radius 2 is 1.86 bits per heavy atom. The summed E-state index contributed by atoms with van der Waals surface area (Å²) >= 11 is 0. The predicted molar refractivity (Wildman–Crippen MR) is 87.2 cm³/mol. The molecule has 0 bridgehead atoms. The standard InChI is InChI=1S/C19H21NO/c1-16(2)20-15-18-10-6-12-19(14-18)21-13-7-11-17-8-4-3-5-9-17/h3-6,8-10,12,14,16,20H,13,15H2,1-2H3. The Balaban J connectivity index is 1.86. The van der Waals surface area contributed by atoms with Gasteiger partial charge >= 0.3 is 0 Å². The zero-order valence-electron chi connectivity index (χ0n) is 12.6. The largest absolute Gasteiger partial charge is 0.481 e. The van der Waals surface area contributed by atoms with Gasteiger partial charge in [0.25, 0.3) is 0 Å². The molecule has 0 saturated carbocycles. The number of hydrogen-bond donors (Lipinski definition) is 1. The van der Waals surface area contributed by atoms with E-state index in [0.717, 1.165) is 17.9 Å². The van der Waals surface area contributed by atoms with Crippen LogP contribution in [0.15, 0.2) is 54.6 Å². The molecule has 0 atom stereocenters. The molecule has 2 rings (SSSR count). The van der Waals surface area contributed by atoms with Gasteiger partial charge in [0.1, 0.15) is 12.4 Å². The summed E-state index contributed by atoms with van der Waals surface area (Å²) in [5.41, 5.74) is 2.23. The van der Waals surface area contributed by atoms with E-state index in [-0.39, 0.29) is 0 Å². The normalized spacial score (nSPS) is 10.0. The third-order valence-electron chi connectivity index (χ3n) is 2.93. The first kappa shape index (κ1) is 15.2. The highest BCUT2D eigenvalue weighted by Gasteiger charge is 1.97. The van der Waals surface area contributed by atoms with Crippen LogP contribution in [0.25, 0.3) is 0 Å². The van der Waals surface area contributed by atoms with Crippen LogP contribution in [0.3, 0.4) is 0 Å². The Morgan fingerprint density at radius 1 is 1.05 bits per heavy atom. The second-order valence-corrected chi connectivity index (χ2v) is 5.14. The second kappa shape index (κ2) is 8.14. The van der Waals surface area contributed by atoms with Crippen LogP contribution in [0.4, 0.5) is 0 Å². The van der Waals surface area contributed by atoms with Crippen molar-refractivity contribution in [3.8, 4) is 17.6 Å². The third kappa shape index (κ3) is 5.72. The van der Waals surface area contributed by atoms with Crippen LogP contribution in [0.1, 0.15) is 25.0 Å². The highest BCUT2D eigenvalue weighted by atomic mass is 16.5. The Labute approximate surface area is 127 Å². The van der Waals surface area contributed by atoms with E-state index in [9.17, 15) is 0 Å². The second-order valence-electron chi connectivity index (χ2n) is 5.14. The number of hydrogen-bond acceptors (Lipinski definition) is 2. The van der Waals surface area contributed by atoms with Gasteiger partial charge in [0.2, 0.25) is 0 Å². The van der Waals surface area contributed by atoms with Crippen molar-refractivity contribution in [3.05, 3.63) is 65.7 Å². The SMILES string of the molecule is CC(C)NCc1cccc(OCC#Cc2ccccc2)c1. The fraction of sp³-hybridized carbons (Fsp3) is 0.263. The summed E-state index contributed by atoms with van der Waals surface area (Å²) in [6, 6.07) is 18.5. The molecule has 2 heteroatoms. The summed E-state index contributed by atoms with van der Waals surface area (Å²) in [6.45, 7) is 5.53. The van der Waals surface area contributed by atoms with Crippen molar-refractivity contribution in [3.63, 3.8) is 0 Å². The molecule has 0 aliphatic carbocycles. The van der Waals surface area contributed by atoms with Gasteiger partial charge in [-0.15, -0.1) is 0 Å². The molecule has 0 unspecified atom stereocenters. The molecular weight excluding hydrogens is 258 g/mol. The van der Waals surface area contributed by atoms with Gasteiger partial charge in [0, 0.05) is 18.2 Å². The Kier molecular flexibility index (Phi) is 5.87. The maximum atomic E-state index is 5.67. The summed E-state index contributed by atoms with van der Waals surface area (Å²) in [7, 11) is 0. The molecular formula is C19H21NO. The monoisotopic (exact) mass is 279 g/mol. The van der Waals surface area contributed by atoms with Crippen LogP contribution in [0.5, 0.6) is 5.75 Å². The molecule has 21 heavy (non-hydrogen) atoms. The van der Waals surface area contributed by atoms with E-state index in [4.69, 9.17) is 4.74 Å². The zero-order valence-corrected chi connectivity index (χ0v) is 12.6. The average molecular weight is 279 g/mol. The molecule has 2 aromatic carbocycles. The Bertz CT molecular complexity index is 608. The lowest BCUT2D eigenvalue weighted by atomic mass is 10.2. The lowest BCUT2D eigenvalue weighted by molar-refractivity contribution is 0.369. The minimum Gasteiger partial charge on any atom is -0.481 e. The van der Waals surface area contributed by atoms with E-state index in [1.807, 2.05) is 42.5 Å². The van der Waals surface area contributed by atoms with Crippen molar-refractivity contribution in [2.45, 2.75) is 26.4 Å². The highest BCUT2D eigenvalue weighted by Crippen LogP contribution is 2.13. The van der Waals surface area contributed by atoms with Crippen molar-refractivity contribution in [1.82, 2.24) is 5.32 Å². The molecule has 0 fully saturated rings. The fourth-order valence-electron chi connectivity index (χ4n) is 1.85. The van der Waals surface area contributed by atoms with Crippen LogP contribution in [-0.2, 0) is 6.54 Å². The van der Waals surface area contributed by atoms with Crippen molar-refractivity contribution >= 4 is 0 Å². The maximum Gasteiger partial charge on any atom is 0.149 e. The van der Waals surface area contributed by atoms with Crippen molar-refractivity contribution in [2.24, 2.45) is 0 Å². The molecule has 0 aliphatic heterocycles. The van der Waals surface area contributed by atoms with E-state index >= 15 is 0 Å².